The fourth-order valence-corrected chi connectivity index (χ4v) is 3.05. The Morgan fingerprint density at radius 3 is 2.20 bits per heavy atom. The van der Waals surface area contributed by atoms with Crippen molar-refractivity contribution < 1.29 is 0 Å². The van der Waals surface area contributed by atoms with E-state index in [9.17, 15) is 9.59 Å². The summed E-state index contributed by atoms with van der Waals surface area (Å²) in [5.74, 6) is 0.867. The summed E-state index contributed by atoms with van der Waals surface area (Å²) in [6.45, 7) is 10.7. The molecule has 8 nitrogen and oxygen atoms in total. The molecule has 0 unspecified atom stereocenters. The molecule has 0 amide bonds. The highest BCUT2D eigenvalue weighted by atomic mass is 16.2. The minimum Gasteiger partial charge on any atom is -0.302 e. The van der Waals surface area contributed by atoms with Gasteiger partial charge in [-0.2, -0.15) is 10.1 Å². The van der Waals surface area contributed by atoms with E-state index in [1.807, 2.05) is 25.3 Å². The number of rotatable bonds is 3. The van der Waals surface area contributed by atoms with Crippen molar-refractivity contribution in [3.05, 3.63) is 37.8 Å². The first-order valence-corrected chi connectivity index (χ1v) is 8.34. The summed E-state index contributed by atoms with van der Waals surface area (Å²) in [6.07, 6.45) is 0. The zero-order chi connectivity index (χ0) is 18.6. The highest BCUT2D eigenvalue weighted by Crippen LogP contribution is 2.20. The first-order valence-electron chi connectivity index (χ1n) is 8.34. The SMILES string of the molecule is Cc1nn(-c2nc3c(c(=O)n(C)c(=O)n3C)n2CC(C)C)c(C)c1C. The van der Waals surface area contributed by atoms with Gasteiger partial charge in [0, 0.05) is 26.3 Å². The molecule has 25 heavy (non-hydrogen) atoms. The zero-order valence-electron chi connectivity index (χ0n) is 15.8. The molecule has 0 saturated carbocycles. The molecule has 0 atom stereocenters. The van der Waals surface area contributed by atoms with Crippen LogP contribution in [-0.2, 0) is 20.6 Å². The molecular formula is C17H24N6O2. The van der Waals surface area contributed by atoms with Crippen molar-refractivity contribution in [3.8, 4) is 5.95 Å². The van der Waals surface area contributed by atoms with E-state index in [1.165, 1.54) is 11.6 Å². The largest absolute Gasteiger partial charge is 0.332 e. The summed E-state index contributed by atoms with van der Waals surface area (Å²) in [4.78, 5) is 29.7. The maximum atomic E-state index is 12.8. The molecule has 3 aromatic heterocycles. The molecule has 0 spiro atoms. The number of hydrogen-bond acceptors (Lipinski definition) is 4. The minimum atomic E-state index is -0.386. The van der Waals surface area contributed by atoms with Gasteiger partial charge in [0.25, 0.3) is 5.56 Å². The van der Waals surface area contributed by atoms with Crippen molar-refractivity contribution in [1.29, 1.82) is 0 Å². The first-order chi connectivity index (χ1) is 11.6. The average molecular weight is 344 g/mol. The Hall–Kier alpha value is -2.64. The van der Waals surface area contributed by atoms with Crippen LogP contribution in [0.25, 0.3) is 17.1 Å². The molecule has 0 fully saturated rings. The minimum absolute atomic E-state index is 0.302. The molecular weight excluding hydrogens is 320 g/mol. The molecule has 0 aliphatic rings. The predicted octanol–water partition coefficient (Wildman–Crippen LogP) is 1.20. The second-order valence-corrected chi connectivity index (χ2v) is 7.00. The summed E-state index contributed by atoms with van der Waals surface area (Å²) >= 11 is 0. The van der Waals surface area contributed by atoms with Crippen molar-refractivity contribution in [2.75, 3.05) is 0 Å². The zero-order valence-corrected chi connectivity index (χ0v) is 15.8. The van der Waals surface area contributed by atoms with E-state index in [4.69, 9.17) is 0 Å². The van der Waals surface area contributed by atoms with Gasteiger partial charge >= 0.3 is 5.69 Å². The van der Waals surface area contributed by atoms with Crippen LogP contribution < -0.4 is 11.2 Å². The highest BCUT2D eigenvalue weighted by molar-refractivity contribution is 5.72. The molecule has 0 saturated heterocycles. The van der Waals surface area contributed by atoms with E-state index in [0.29, 0.717) is 29.6 Å². The quantitative estimate of drug-likeness (QED) is 0.715. The monoisotopic (exact) mass is 344 g/mol. The van der Waals surface area contributed by atoms with Crippen LogP contribution in [0, 0.1) is 26.7 Å². The standard InChI is InChI=1S/C17H24N6O2/c1-9(2)8-22-13-14(20(6)17(25)21(7)15(13)24)18-16(22)23-12(5)10(3)11(4)19-23/h9H,8H2,1-7H3. The van der Waals surface area contributed by atoms with Crippen LogP contribution >= 0.6 is 0 Å². The van der Waals surface area contributed by atoms with Gasteiger partial charge in [0.1, 0.15) is 0 Å². The molecule has 3 rings (SSSR count). The number of nitrogens with zero attached hydrogens (tertiary/aromatic N) is 6. The van der Waals surface area contributed by atoms with Gasteiger partial charge in [0.2, 0.25) is 5.95 Å². The maximum absolute atomic E-state index is 12.8. The lowest BCUT2D eigenvalue weighted by Gasteiger charge is -2.12. The Balaban J connectivity index is 2.49. The summed E-state index contributed by atoms with van der Waals surface area (Å²) in [5, 5.41) is 4.58. The number of hydrogen-bond donors (Lipinski definition) is 0. The van der Waals surface area contributed by atoms with Crippen LogP contribution in [0.4, 0.5) is 0 Å². The van der Waals surface area contributed by atoms with Crippen LogP contribution in [0.2, 0.25) is 0 Å². The van der Waals surface area contributed by atoms with Crippen LogP contribution in [0.3, 0.4) is 0 Å². The van der Waals surface area contributed by atoms with Crippen LogP contribution in [0.5, 0.6) is 0 Å². The second-order valence-electron chi connectivity index (χ2n) is 7.00. The molecule has 0 aliphatic carbocycles. The number of fused-ring (bicyclic) bond motifs is 1. The van der Waals surface area contributed by atoms with E-state index < -0.39 is 0 Å². The van der Waals surface area contributed by atoms with Crippen molar-refractivity contribution in [3.63, 3.8) is 0 Å². The molecule has 3 aromatic rings. The van der Waals surface area contributed by atoms with Crippen LogP contribution in [0.1, 0.15) is 30.8 Å². The normalized spacial score (nSPS) is 11.8. The molecule has 0 radical (unpaired) electrons. The van der Waals surface area contributed by atoms with Gasteiger partial charge < -0.3 is 4.57 Å². The van der Waals surface area contributed by atoms with E-state index in [1.54, 1.807) is 11.7 Å². The van der Waals surface area contributed by atoms with Gasteiger partial charge in [0.05, 0.1) is 5.69 Å². The second kappa shape index (κ2) is 5.72. The van der Waals surface area contributed by atoms with Crippen molar-refractivity contribution in [2.45, 2.75) is 41.2 Å². The Labute approximate surface area is 145 Å². The fraction of sp³-hybridized carbons (Fsp3) is 0.529. The van der Waals surface area contributed by atoms with Crippen LogP contribution in [0.15, 0.2) is 9.59 Å². The Morgan fingerprint density at radius 2 is 1.68 bits per heavy atom. The lowest BCUT2D eigenvalue weighted by Crippen LogP contribution is -2.37. The topological polar surface area (TPSA) is 79.6 Å². The van der Waals surface area contributed by atoms with Gasteiger partial charge in [-0.1, -0.05) is 13.8 Å². The van der Waals surface area contributed by atoms with Gasteiger partial charge in [0.15, 0.2) is 11.2 Å². The van der Waals surface area contributed by atoms with Crippen molar-refractivity contribution >= 4 is 11.2 Å². The van der Waals surface area contributed by atoms with Gasteiger partial charge in [-0.3, -0.25) is 13.9 Å². The van der Waals surface area contributed by atoms with Gasteiger partial charge in [-0.05, 0) is 32.3 Å². The number of imidazole rings is 1. The van der Waals surface area contributed by atoms with E-state index in [0.717, 1.165) is 21.5 Å². The molecule has 134 valence electrons. The highest BCUT2D eigenvalue weighted by Gasteiger charge is 2.22. The summed E-state index contributed by atoms with van der Waals surface area (Å²) in [6, 6.07) is 0. The van der Waals surface area contributed by atoms with Crippen molar-refractivity contribution in [2.24, 2.45) is 20.0 Å². The van der Waals surface area contributed by atoms with Crippen molar-refractivity contribution in [1.82, 2.24) is 28.5 Å². The Morgan fingerprint density at radius 1 is 1.04 bits per heavy atom. The van der Waals surface area contributed by atoms with Crippen LogP contribution in [-0.4, -0.2) is 28.5 Å². The third kappa shape index (κ3) is 2.43. The Bertz CT molecular complexity index is 1090. The van der Waals surface area contributed by atoms with Gasteiger partial charge in [-0.15, -0.1) is 0 Å². The van der Waals surface area contributed by atoms with E-state index in [2.05, 4.69) is 23.9 Å². The molecule has 0 aromatic carbocycles. The lowest BCUT2D eigenvalue weighted by molar-refractivity contribution is 0.517. The maximum Gasteiger partial charge on any atom is 0.332 e. The number of aromatic nitrogens is 6. The summed E-state index contributed by atoms with van der Waals surface area (Å²) < 4.78 is 6.17. The van der Waals surface area contributed by atoms with Gasteiger partial charge in [-0.25, -0.2) is 9.48 Å². The number of aryl methyl sites for hydroxylation is 2. The summed E-state index contributed by atoms with van der Waals surface area (Å²) in [5.41, 5.74) is 3.07. The molecule has 0 N–H and O–H groups in total. The first kappa shape index (κ1) is 17.2. The third-order valence-electron chi connectivity index (χ3n) is 4.72. The molecule has 0 aliphatic heterocycles. The summed E-state index contributed by atoms with van der Waals surface area (Å²) in [7, 11) is 3.12. The molecule has 8 heteroatoms. The lowest BCUT2D eigenvalue weighted by atomic mass is 10.2. The average Bonchev–Trinajstić information content (AvgIpc) is 3.03. The fourth-order valence-electron chi connectivity index (χ4n) is 3.05. The van der Waals surface area contributed by atoms with E-state index in [-0.39, 0.29) is 11.2 Å². The third-order valence-corrected chi connectivity index (χ3v) is 4.72. The Kier molecular flexibility index (Phi) is 3.93. The predicted molar refractivity (Wildman–Crippen MR) is 96.4 cm³/mol. The molecule has 3 heterocycles. The van der Waals surface area contributed by atoms with E-state index >= 15 is 0 Å². The smallest absolute Gasteiger partial charge is 0.302 e. The molecule has 0 bridgehead atoms.